The van der Waals surface area contributed by atoms with Gasteiger partial charge in [0.25, 0.3) is 0 Å². The van der Waals surface area contributed by atoms with Crippen molar-refractivity contribution in [2.45, 2.75) is 63.2 Å². The molecule has 4 aliphatic rings. The zero-order valence-corrected chi connectivity index (χ0v) is 14.6. The van der Waals surface area contributed by atoms with E-state index in [4.69, 9.17) is 10.1 Å². The average molecular weight is 348 g/mol. The summed E-state index contributed by atoms with van der Waals surface area (Å²) in [4.78, 5) is 27.2. The number of carboxylic acid groups (broad SMARTS) is 1. The molecule has 0 radical (unpaired) electrons. The summed E-state index contributed by atoms with van der Waals surface area (Å²) in [6.07, 6.45) is 8.69. The van der Waals surface area contributed by atoms with Crippen LogP contribution in [0, 0.1) is 17.8 Å². The van der Waals surface area contributed by atoms with Crippen LogP contribution in [0.15, 0.2) is 5.38 Å². The molecule has 0 aliphatic heterocycles. The number of nitrogens with one attached hydrogen (secondary N) is 1. The molecular formula is C18H24N2O3S. The van der Waals surface area contributed by atoms with Crippen LogP contribution in [0.25, 0.3) is 0 Å². The van der Waals surface area contributed by atoms with Crippen molar-refractivity contribution in [3.8, 4) is 0 Å². The molecule has 24 heavy (non-hydrogen) atoms. The summed E-state index contributed by atoms with van der Waals surface area (Å²) in [6.45, 7) is 0. The standard InChI is InChI=1S/C18H24N2O3S/c21-15(2-1-3-16(22)23)20-17-19-14(10-24-17)18-7-11-4-12(8-18)6-13(5-11)9-18/h10-13H,1-9H2,(H,22,23)(H,19,20,21). The van der Waals surface area contributed by atoms with E-state index in [0.717, 1.165) is 17.8 Å². The lowest BCUT2D eigenvalue weighted by atomic mass is 9.49. The van der Waals surface area contributed by atoms with Crippen molar-refractivity contribution in [1.29, 1.82) is 0 Å². The van der Waals surface area contributed by atoms with Gasteiger partial charge in [0.1, 0.15) is 0 Å². The number of amides is 1. The Balaban J connectivity index is 1.40. The summed E-state index contributed by atoms with van der Waals surface area (Å²) in [6, 6.07) is 0. The van der Waals surface area contributed by atoms with Gasteiger partial charge < -0.3 is 10.4 Å². The van der Waals surface area contributed by atoms with Crippen molar-refractivity contribution in [2.24, 2.45) is 17.8 Å². The van der Waals surface area contributed by atoms with Crippen LogP contribution in [0.1, 0.15) is 63.5 Å². The molecule has 0 saturated heterocycles. The first-order valence-electron chi connectivity index (χ1n) is 9.00. The number of aromatic nitrogens is 1. The lowest BCUT2D eigenvalue weighted by Crippen LogP contribution is -2.48. The van der Waals surface area contributed by atoms with E-state index in [1.54, 1.807) is 0 Å². The van der Waals surface area contributed by atoms with Crippen molar-refractivity contribution in [3.05, 3.63) is 11.1 Å². The highest BCUT2D eigenvalue weighted by molar-refractivity contribution is 7.13. The molecule has 2 N–H and O–H groups in total. The van der Waals surface area contributed by atoms with Gasteiger partial charge in [-0.25, -0.2) is 4.98 Å². The SMILES string of the molecule is O=C(O)CCCC(=O)Nc1nc(C23CC4CC(CC(C4)C2)C3)cs1. The highest BCUT2D eigenvalue weighted by Gasteiger charge is 2.52. The molecule has 1 amide bonds. The highest BCUT2D eigenvalue weighted by atomic mass is 32.1. The first-order chi connectivity index (χ1) is 11.5. The Labute approximate surface area is 145 Å². The first kappa shape index (κ1) is 16.1. The zero-order chi connectivity index (χ0) is 16.7. The molecule has 1 heterocycles. The van der Waals surface area contributed by atoms with Crippen LogP contribution in [-0.2, 0) is 15.0 Å². The number of anilines is 1. The van der Waals surface area contributed by atoms with Crippen LogP contribution in [-0.4, -0.2) is 22.0 Å². The second-order valence-electron chi connectivity index (χ2n) is 8.03. The number of aliphatic carboxylic acids is 1. The van der Waals surface area contributed by atoms with Crippen LogP contribution >= 0.6 is 11.3 Å². The number of carboxylic acids is 1. The molecule has 6 heteroatoms. The largest absolute Gasteiger partial charge is 0.481 e. The molecule has 0 aromatic carbocycles. The number of carbonyl (C=O) groups excluding carboxylic acids is 1. The van der Waals surface area contributed by atoms with Gasteiger partial charge >= 0.3 is 5.97 Å². The summed E-state index contributed by atoms with van der Waals surface area (Å²) in [5.41, 5.74) is 1.45. The average Bonchev–Trinajstić information content (AvgIpc) is 2.94. The molecule has 0 spiro atoms. The highest BCUT2D eigenvalue weighted by Crippen LogP contribution is 2.60. The predicted octanol–water partition coefficient (Wildman–Crippen LogP) is 3.80. The van der Waals surface area contributed by atoms with Crippen molar-refractivity contribution >= 4 is 28.3 Å². The van der Waals surface area contributed by atoms with E-state index in [-0.39, 0.29) is 24.2 Å². The molecule has 0 atom stereocenters. The minimum Gasteiger partial charge on any atom is -0.481 e. The maximum absolute atomic E-state index is 11.9. The fourth-order valence-electron chi connectivity index (χ4n) is 5.58. The third-order valence-electron chi connectivity index (χ3n) is 6.13. The van der Waals surface area contributed by atoms with E-state index in [1.165, 1.54) is 55.6 Å². The molecule has 5 nitrogen and oxygen atoms in total. The fraction of sp³-hybridized carbons (Fsp3) is 0.722. The maximum Gasteiger partial charge on any atom is 0.303 e. The minimum atomic E-state index is -0.860. The van der Waals surface area contributed by atoms with Gasteiger partial charge in [0.2, 0.25) is 5.91 Å². The van der Waals surface area contributed by atoms with Crippen molar-refractivity contribution < 1.29 is 14.7 Å². The molecular weight excluding hydrogens is 324 g/mol. The Morgan fingerprint density at radius 1 is 1.17 bits per heavy atom. The zero-order valence-electron chi connectivity index (χ0n) is 13.8. The van der Waals surface area contributed by atoms with Gasteiger partial charge in [-0.3, -0.25) is 9.59 Å². The van der Waals surface area contributed by atoms with E-state index >= 15 is 0 Å². The summed E-state index contributed by atoms with van der Waals surface area (Å²) in [7, 11) is 0. The second kappa shape index (κ2) is 6.14. The Morgan fingerprint density at radius 2 is 1.79 bits per heavy atom. The number of nitrogens with zero attached hydrogens (tertiary/aromatic N) is 1. The van der Waals surface area contributed by atoms with E-state index in [2.05, 4.69) is 10.7 Å². The molecule has 4 saturated carbocycles. The monoisotopic (exact) mass is 348 g/mol. The Hall–Kier alpha value is -1.43. The summed E-state index contributed by atoms with van der Waals surface area (Å²) >= 11 is 1.51. The predicted molar refractivity (Wildman–Crippen MR) is 92.1 cm³/mol. The third kappa shape index (κ3) is 3.08. The minimum absolute atomic E-state index is 0.0316. The summed E-state index contributed by atoms with van der Waals surface area (Å²) in [5.74, 6) is 1.65. The molecule has 4 aliphatic carbocycles. The van der Waals surface area contributed by atoms with E-state index < -0.39 is 5.97 Å². The lowest BCUT2D eigenvalue weighted by molar-refractivity contribution is -0.137. The van der Waals surface area contributed by atoms with Gasteiger partial charge in [0, 0.05) is 23.6 Å². The second-order valence-corrected chi connectivity index (χ2v) is 8.89. The van der Waals surface area contributed by atoms with Crippen LogP contribution in [0.3, 0.4) is 0 Å². The van der Waals surface area contributed by atoms with Gasteiger partial charge in [-0.15, -0.1) is 11.3 Å². The lowest BCUT2D eigenvalue weighted by Gasteiger charge is -2.56. The van der Waals surface area contributed by atoms with E-state index in [1.807, 2.05) is 0 Å². The Bertz CT molecular complexity index is 619. The normalized spacial score (nSPS) is 33.6. The van der Waals surface area contributed by atoms with E-state index in [9.17, 15) is 9.59 Å². The van der Waals surface area contributed by atoms with Gasteiger partial charge in [-0.05, 0) is 62.7 Å². The van der Waals surface area contributed by atoms with Crippen molar-refractivity contribution in [3.63, 3.8) is 0 Å². The van der Waals surface area contributed by atoms with Crippen molar-refractivity contribution in [2.75, 3.05) is 5.32 Å². The molecule has 1 aromatic heterocycles. The maximum atomic E-state index is 11.9. The molecule has 0 unspecified atom stereocenters. The smallest absolute Gasteiger partial charge is 0.303 e. The fourth-order valence-corrected chi connectivity index (χ4v) is 6.43. The van der Waals surface area contributed by atoms with Gasteiger partial charge in [0.15, 0.2) is 5.13 Å². The molecule has 4 fully saturated rings. The summed E-state index contributed by atoms with van der Waals surface area (Å²) < 4.78 is 0. The van der Waals surface area contributed by atoms with Gasteiger partial charge in [0.05, 0.1) is 5.69 Å². The number of carbonyl (C=O) groups is 2. The first-order valence-corrected chi connectivity index (χ1v) is 9.88. The topological polar surface area (TPSA) is 79.3 Å². The molecule has 1 aromatic rings. The number of thiazole rings is 1. The number of hydrogen-bond acceptors (Lipinski definition) is 4. The molecule has 5 rings (SSSR count). The molecule has 130 valence electrons. The van der Waals surface area contributed by atoms with Crippen LogP contribution < -0.4 is 5.32 Å². The van der Waals surface area contributed by atoms with Gasteiger partial charge in [-0.1, -0.05) is 0 Å². The summed E-state index contributed by atoms with van der Waals surface area (Å²) in [5, 5.41) is 14.3. The Morgan fingerprint density at radius 3 is 2.38 bits per heavy atom. The van der Waals surface area contributed by atoms with E-state index in [0.29, 0.717) is 11.6 Å². The van der Waals surface area contributed by atoms with Crippen LogP contribution in [0.2, 0.25) is 0 Å². The Kier molecular flexibility index (Phi) is 4.11. The molecule has 4 bridgehead atoms. The van der Waals surface area contributed by atoms with Crippen molar-refractivity contribution in [1.82, 2.24) is 4.98 Å². The third-order valence-corrected chi connectivity index (χ3v) is 6.88. The van der Waals surface area contributed by atoms with Crippen LogP contribution in [0.5, 0.6) is 0 Å². The quantitative estimate of drug-likeness (QED) is 0.819. The van der Waals surface area contributed by atoms with Crippen LogP contribution in [0.4, 0.5) is 5.13 Å². The number of rotatable bonds is 6. The number of hydrogen-bond donors (Lipinski definition) is 2. The van der Waals surface area contributed by atoms with Gasteiger partial charge in [-0.2, -0.15) is 0 Å².